The average molecular weight is 525 g/mol. The van der Waals surface area contributed by atoms with E-state index < -0.39 is 28.5 Å². The van der Waals surface area contributed by atoms with Crippen molar-refractivity contribution in [2.75, 3.05) is 13.1 Å². The molecule has 12 heteroatoms. The van der Waals surface area contributed by atoms with Crippen LogP contribution in [0.1, 0.15) is 63.5 Å². The van der Waals surface area contributed by atoms with E-state index in [9.17, 15) is 22.4 Å². The fraction of sp³-hybridized carbons (Fsp3) is 0.417. The van der Waals surface area contributed by atoms with Gasteiger partial charge in [0, 0.05) is 37.8 Å². The summed E-state index contributed by atoms with van der Waals surface area (Å²) >= 11 is 0.439. The molecule has 3 heterocycles. The number of rotatable bonds is 9. The van der Waals surface area contributed by atoms with Crippen molar-refractivity contribution in [3.63, 3.8) is 0 Å². The van der Waals surface area contributed by atoms with Gasteiger partial charge in [0.05, 0.1) is 22.9 Å². The van der Waals surface area contributed by atoms with Gasteiger partial charge >= 0.3 is 6.18 Å². The van der Waals surface area contributed by atoms with Crippen LogP contribution in [-0.2, 0) is 32.0 Å². The van der Waals surface area contributed by atoms with E-state index in [1.165, 1.54) is 12.3 Å². The van der Waals surface area contributed by atoms with E-state index in [-0.39, 0.29) is 23.7 Å². The minimum absolute atomic E-state index is 0.0718. The smallest absolute Gasteiger partial charge is 0.345 e. The number of amides is 1. The summed E-state index contributed by atoms with van der Waals surface area (Å²) in [5.41, 5.74) is 1.30. The number of halogens is 4. The quantitative estimate of drug-likeness (QED) is 0.278. The van der Waals surface area contributed by atoms with Crippen molar-refractivity contribution >= 4 is 23.3 Å². The van der Waals surface area contributed by atoms with Gasteiger partial charge in [0.25, 0.3) is 5.91 Å². The largest absolute Gasteiger partial charge is 0.427 e. The monoisotopic (exact) mass is 524 g/mol. The summed E-state index contributed by atoms with van der Waals surface area (Å²) in [6, 6.07) is 2.53. The number of thiazole rings is 1. The second-order valence-electron chi connectivity index (χ2n) is 7.64. The van der Waals surface area contributed by atoms with Gasteiger partial charge in [-0.05, 0) is 31.1 Å². The standard InChI is InChI=1S/C22H22F4N6OS.C2H6/c23-13-4-3-9-28-16(13)12-29-21(33)19-20(22(24,25)26)34-18(32-19)8-11-27-10-7-17-30-14-5-1-2-6-15(14)31-17;1-2/h1,3-5,9,27H,2,6-8,10-12H2,(H,29,33)(H,30,31);1-2H3. The Balaban J connectivity index is 0.00000176. The lowest BCUT2D eigenvalue weighted by molar-refractivity contribution is -0.134. The third-order valence-electron chi connectivity index (χ3n) is 5.15. The number of alkyl halides is 3. The molecule has 1 aliphatic carbocycles. The summed E-state index contributed by atoms with van der Waals surface area (Å²) in [6.07, 6.45) is 3.49. The molecule has 0 spiro atoms. The first-order valence-electron chi connectivity index (χ1n) is 11.7. The van der Waals surface area contributed by atoms with Crippen LogP contribution in [0.5, 0.6) is 0 Å². The van der Waals surface area contributed by atoms with E-state index in [0.717, 1.165) is 36.1 Å². The Hall–Kier alpha value is -3.12. The molecule has 0 saturated carbocycles. The Kier molecular flexibility index (Phi) is 9.71. The molecule has 0 bridgehead atoms. The van der Waals surface area contributed by atoms with Gasteiger partial charge in [-0.1, -0.05) is 19.9 Å². The topological polar surface area (TPSA) is 95.6 Å². The number of allylic oxidation sites excluding steroid dienone is 1. The molecule has 3 aromatic heterocycles. The zero-order valence-electron chi connectivity index (χ0n) is 20.0. The third kappa shape index (κ3) is 7.20. The van der Waals surface area contributed by atoms with E-state index in [4.69, 9.17) is 0 Å². The van der Waals surface area contributed by atoms with E-state index >= 15 is 0 Å². The molecular weight excluding hydrogens is 496 g/mol. The predicted molar refractivity (Wildman–Crippen MR) is 130 cm³/mol. The molecular formula is C24H28F4N6OS. The first-order valence-corrected chi connectivity index (χ1v) is 12.5. The van der Waals surface area contributed by atoms with E-state index in [2.05, 4.69) is 36.6 Å². The summed E-state index contributed by atoms with van der Waals surface area (Å²) in [7, 11) is 0. The molecule has 0 radical (unpaired) electrons. The highest BCUT2D eigenvalue weighted by Gasteiger charge is 2.39. The van der Waals surface area contributed by atoms with Crippen molar-refractivity contribution in [1.29, 1.82) is 0 Å². The number of fused-ring (bicyclic) bond motifs is 1. The van der Waals surface area contributed by atoms with Crippen molar-refractivity contribution in [2.24, 2.45) is 0 Å². The molecule has 4 rings (SSSR count). The number of aromatic amines is 1. The number of carbonyl (C=O) groups is 1. The molecule has 0 aliphatic heterocycles. The van der Waals surface area contributed by atoms with Gasteiger partial charge in [0.1, 0.15) is 16.5 Å². The molecule has 0 saturated heterocycles. The lowest BCUT2D eigenvalue weighted by atomic mass is 10.1. The van der Waals surface area contributed by atoms with Gasteiger partial charge in [-0.15, -0.1) is 11.3 Å². The van der Waals surface area contributed by atoms with E-state index in [1.807, 2.05) is 19.9 Å². The first-order chi connectivity index (χ1) is 17.3. The number of carbonyl (C=O) groups excluding carboxylic acids is 1. The molecule has 7 nitrogen and oxygen atoms in total. The van der Waals surface area contributed by atoms with Crippen LogP contribution < -0.4 is 10.6 Å². The highest BCUT2D eigenvalue weighted by Crippen LogP contribution is 2.36. The van der Waals surface area contributed by atoms with Crippen molar-refractivity contribution < 1.29 is 22.4 Å². The molecule has 0 aromatic carbocycles. The fourth-order valence-electron chi connectivity index (χ4n) is 3.49. The fourth-order valence-corrected chi connectivity index (χ4v) is 4.42. The minimum Gasteiger partial charge on any atom is -0.345 e. The average Bonchev–Trinajstić information content (AvgIpc) is 3.48. The Morgan fingerprint density at radius 1 is 1.19 bits per heavy atom. The van der Waals surface area contributed by atoms with E-state index in [1.54, 1.807) is 0 Å². The van der Waals surface area contributed by atoms with Crippen LogP contribution in [0.25, 0.3) is 6.08 Å². The molecule has 3 N–H and O–H groups in total. The van der Waals surface area contributed by atoms with Gasteiger partial charge in [-0.3, -0.25) is 9.78 Å². The Morgan fingerprint density at radius 3 is 2.69 bits per heavy atom. The maximum absolute atomic E-state index is 13.7. The van der Waals surface area contributed by atoms with Crippen molar-refractivity contribution in [2.45, 2.75) is 52.3 Å². The minimum atomic E-state index is -4.72. The van der Waals surface area contributed by atoms with Gasteiger partial charge < -0.3 is 15.6 Å². The van der Waals surface area contributed by atoms with Crippen molar-refractivity contribution in [1.82, 2.24) is 30.6 Å². The molecule has 0 unspecified atom stereocenters. The van der Waals surface area contributed by atoms with Crippen LogP contribution in [0, 0.1) is 5.82 Å². The van der Waals surface area contributed by atoms with Crippen molar-refractivity contribution in [3.8, 4) is 0 Å². The number of hydrogen-bond donors (Lipinski definition) is 3. The van der Waals surface area contributed by atoms with Crippen LogP contribution in [-0.4, -0.2) is 38.9 Å². The lowest BCUT2D eigenvalue weighted by Crippen LogP contribution is -2.26. The highest BCUT2D eigenvalue weighted by atomic mass is 32.1. The van der Waals surface area contributed by atoms with Crippen LogP contribution in [0.3, 0.4) is 0 Å². The molecule has 0 atom stereocenters. The van der Waals surface area contributed by atoms with Gasteiger partial charge in [0.2, 0.25) is 0 Å². The number of aromatic nitrogens is 4. The summed E-state index contributed by atoms with van der Waals surface area (Å²) < 4.78 is 54.1. The number of nitrogens with zero attached hydrogens (tertiary/aromatic N) is 3. The summed E-state index contributed by atoms with van der Waals surface area (Å²) in [5.74, 6) is -0.820. The lowest BCUT2D eigenvalue weighted by Gasteiger charge is -2.07. The Morgan fingerprint density at radius 2 is 1.97 bits per heavy atom. The molecule has 3 aromatic rings. The molecule has 1 aliphatic rings. The predicted octanol–water partition coefficient (Wildman–Crippen LogP) is 4.71. The van der Waals surface area contributed by atoms with Crippen LogP contribution >= 0.6 is 11.3 Å². The summed E-state index contributed by atoms with van der Waals surface area (Å²) in [4.78, 5) is 26.8. The Bertz CT molecular complexity index is 1190. The molecule has 1 amide bonds. The number of imidazole rings is 1. The second-order valence-corrected chi connectivity index (χ2v) is 8.72. The van der Waals surface area contributed by atoms with Crippen molar-refractivity contribution in [3.05, 3.63) is 68.7 Å². The Labute approximate surface area is 210 Å². The zero-order chi connectivity index (χ0) is 26.1. The normalized spacial score (nSPS) is 12.6. The van der Waals surface area contributed by atoms with E-state index in [0.29, 0.717) is 30.8 Å². The first kappa shape index (κ1) is 27.5. The summed E-state index contributed by atoms with van der Waals surface area (Å²) in [6.45, 7) is 4.64. The SMILES string of the molecule is CC.O=C(NCc1ncccc1F)c1nc(CCNCCc2nc3c([nH]2)CCC=C3)sc1C(F)(F)F. The zero-order valence-corrected chi connectivity index (χ0v) is 20.8. The third-order valence-corrected chi connectivity index (χ3v) is 6.31. The number of hydrogen-bond acceptors (Lipinski definition) is 6. The molecule has 0 fully saturated rings. The van der Waals surface area contributed by atoms with Crippen LogP contribution in [0.4, 0.5) is 17.6 Å². The number of aryl methyl sites for hydroxylation is 1. The second kappa shape index (κ2) is 12.7. The molecule has 194 valence electrons. The van der Waals surface area contributed by atoms with Crippen LogP contribution in [0.15, 0.2) is 24.4 Å². The molecule has 36 heavy (non-hydrogen) atoms. The summed E-state index contributed by atoms with van der Waals surface area (Å²) in [5, 5.41) is 5.63. The van der Waals surface area contributed by atoms with Gasteiger partial charge in [-0.25, -0.2) is 14.4 Å². The maximum Gasteiger partial charge on any atom is 0.427 e. The number of nitrogens with one attached hydrogen (secondary N) is 3. The van der Waals surface area contributed by atoms with Crippen LogP contribution in [0.2, 0.25) is 0 Å². The number of pyridine rings is 1. The maximum atomic E-state index is 13.7. The highest BCUT2D eigenvalue weighted by molar-refractivity contribution is 7.12. The van der Waals surface area contributed by atoms with Gasteiger partial charge in [0.15, 0.2) is 5.69 Å². The number of H-pyrrole nitrogens is 1. The van der Waals surface area contributed by atoms with Gasteiger partial charge in [-0.2, -0.15) is 13.2 Å².